The molecule has 0 aliphatic heterocycles. The van der Waals surface area contributed by atoms with Crippen molar-refractivity contribution in [1.29, 1.82) is 0 Å². The van der Waals surface area contributed by atoms with Crippen molar-refractivity contribution in [2.75, 3.05) is 0 Å². The maximum atomic E-state index is 12.8. The lowest BCUT2D eigenvalue weighted by atomic mass is 9.95. The fourth-order valence-electron chi connectivity index (χ4n) is 4.38. The molecule has 5 nitrogen and oxygen atoms in total. The lowest BCUT2D eigenvalue weighted by Gasteiger charge is -2.22. The van der Waals surface area contributed by atoms with E-state index < -0.39 is 0 Å². The topological polar surface area (TPSA) is 59.8 Å². The molecule has 1 saturated carbocycles. The number of nitrogens with one attached hydrogen (secondary N) is 1. The minimum absolute atomic E-state index is 0.0294. The van der Waals surface area contributed by atoms with Crippen LogP contribution in [0.5, 0.6) is 0 Å². The molecule has 2 heterocycles. The van der Waals surface area contributed by atoms with Gasteiger partial charge in [0.15, 0.2) is 0 Å². The highest BCUT2D eigenvalue weighted by Gasteiger charge is 2.20. The van der Waals surface area contributed by atoms with Crippen molar-refractivity contribution in [3.63, 3.8) is 0 Å². The summed E-state index contributed by atoms with van der Waals surface area (Å²) in [5, 5.41) is 10.1. The molecule has 5 heteroatoms. The van der Waals surface area contributed by atoms with E-state index in [4.69, 9.17) is 5.10 Å². The van der Waals surface area contributed by atoms with Crippen LogP contribution in [0.2, 0.25) is 0 Å². The Kier molecular flexibility index (Phi) is 4.72. The van der Waals surface area contributed by atoms with E-state index >= 15 is 0 Å². The number of hydrogen-bond donors (Lipinski definition) is 1. The average molecular weight is 384 g/mol. The van der Waals surface area contributed by atoms with Gasteiger partial charge in [-0.05, 0) is 18.9 Å². The second kappa shape index (κ2) is 7.66. The molecule has 2 aromatic heterocycles. The largest absolute Gasteiger partial charge is 0.352 e. The van der Waals surface area contributed by atoms with Gasteiger partial charge in [0.2, 0.25) is 5.91 Å². The molecule has 1 N–H and O–H groups in total. The molecule has 29 heavy (non-hydrogen) atoms. The number of benzene rings is 2. The van der Waals surface area contributed by atoms with Crippen molar-refractivity contribution in [3.8, 4) is 11.3 Å². The van der Waals surface area contributed by atoms with E-state index in [0.717, 1.165) is 45.9 Å². The van der Waals surface area contributed by atoms with Crippen LogP contribution in [0.4, 0.5) is 0 Å². The van der Waals surface area contributed by atoms with Crippen LogP contribution in [0.1, 0.15) is 32.1 Å². The summed E-state index contributed by atoms with van der Waals surface area (Å²) in [6.07, 6.45) is 7.70. The van der Waals surface area contributed by atoms with Crippen LogP contribution in [-0.4, -0.2) is 26.7 Å². The third kappa shape index (κ3) is 3.48. The Morgan fingerprint density at radius 1 is 0.966 bits per heavy atom. The normalized spacial score (nSPS) is 15.0. The van der Waals surface area contributed by atoms with Crippen molar-refractivity contribution >= 4 is 27.7 Å². The Morgan fingerprint density at radius 2 is 1.72 bits per heavy atom. The second-order valence-electron chi connectivity index (χ2n) is 7.81. The summed E-state index contributed by atoms with van der Waals surface area (Å²) in [6.45, 7) is 0.216. The quantitative estimate of drug-likeness (QED) is 0.555. The number of aromatic nitrogens is 3. The average Bonchev–Trinajstić information content (AvgIpc) is 3.14. The molecule has 5 rings (SSSR count). The van der Waals surface area contributed by atoms with Crippen molar-refractivity contribution in [3.05, 3.63) is 60.8 Å². The Morgan fingerprint density at radius 3 is 2.55 bits per heavy atom. The SMILES string of the molecule is O=C(Cn1nc(-c2ccccc2)c2cnc3ccccc3c21)NC1CCCCC1. The van der Waals surface area contributed by atoms with Crippen LogP contribution in [-0.2, 0) is 11.3 Å². The first-order valence-electron chi connectivity index (χ1n) is 10.4. The van der Waals surface area contributed by atoms with Gasteiger partial charge in [-0.2, -0.15) is 5.10 Å². The zero-order chi connectivity index (χ0) is 19.6. The third-order valence-corrected chi connectivity index (χ3v) is 5.79. The summed E-state index contributed by atoms with van der Waals surface area (Å²) < 4.78 is 1.85. The van der Waals surface area contributed by atoms with Gasteiger partial charge in [0.25, 0.3) is 0 Å². The van der Waals surface area contributed by atoms with Gasteiger partial charge in [-0.15, -0.1) is 0 Å². The molecule has 0 saturated heterocycles. The summed E-state index contributed by atoms with van der Waals surface area (Å²) in [5.41, 5.74) is 3.77. The number of hydrogen-bond acceptors (Lipinski definition) is 3. The number of nitrogens with zero attached hydrogens (tertiary/aromatic N) is 3. The molecule has 4 aromatic rings. The molecule has 1 aliphatic rings. The number of carbonyl (C=O) groups is 1. The molecular formula is C24H24N4O. The van der Waals surface area contributed by atoms with Gasteiger partial charge in [0, 0.05) is 28.6 Å². The van der Waals surface area contributed by atoms with Crippen molar-refractivity contribution in [2.45, 2.75) is 44.7 Å². The second-order valence-corrected chi connectivity index (χ2v) is 7.81. The fraction of sp³-hybridized carbons (Fsp3) is 0.292. The molecule has 146 valence electrons. The number of amides is 1. The van der Waals surface area contributed by atoms with Gasteiger partial charge in [0.1, 0.15) is 12.2 Å². The first-order chi connectivity index (χ1) is 14.3. The molecule has 0 spiro atoms. The van der Waals surface area contributed by atoms with Crippen LogP contribution < -0.4 is 5.32 Å². The van der Waals surface area contributed by atoms with Gasteiger partial charge < -0.3 is 5.32 Å². The summed E-state index contributed by atoms with van der Waals surface area (Å²) in [5.74, 6) is 0.0294. The molecule has 2 aromatic carbocycles. The standard InChI is InChI=1S/C24H24N4O/c29-22(26-18-11-5-2-6-12-18)16-28-24-19-13-7-8-14-21(19)25-15-20(24)23(27-28)17-9-3-1-4-10-17/h1,3-4,7-10,13-15,18H,2,5-6,11-12,16H2,(H,26,29). The van der Waals surface area contributed by atoms with Crippen LogP contribution >= 0.6 is 0 Å². The highest BCUT2D eigenvalue weighted by Crippen LogP contribution is 2.31. The number of carbonyl (C=O) groups excluding carboxylic acids is 1. The van der Waals surface area contributed by atoms with Crippen molar-refractivity contribution in [1.82, 2.24) is 20.1 Å². The molecule has 0 atom stereocenters. The first kappa shape index (κ1) is 17.9. The van der Waals surface area contributed by atoms with Crippen molar-refractivity contribution < 1.29 is 4.79 Å². The fourth-order valence-corrected chi connectivity index (χ4v) is 4.38. The Balaban J connectivity index is 1.58. The number of para-hydroxylation sites is 1. The number of rotatable bonds is 4. The van der Waals surface area contributed by atoms with Gasteiger partial charge in [0.05, 0.1) is 11.0 Å². The highest BCUT2D eigenvalue weighted by atomic mass is 16.2. The maximum Gasteiger partial charge on any atom is 0.241 e. The lowest BCUT2D eigenvalue weighted by Crippen LogP contribution is -2.38. The Hall–Kier alpha value is -3.21. The zero-order valence-corrected chi connectivity index (χ0v) is 16.3. The number of fused-ring (bicyclic) bond motifs is 3. The molecule has 0 bridgehead atoms. The van der Waals surface area contributed by atoms with Gasteiger partial charge >= 0.3 is 0 Å². The smallest absolute Gasteiger partial charge is 0.241 e. The minimum atomic E-state index is 0.0294. The summed E-state index contributed by atoms with van der Waals surface area (Å²) in [4.78, 5) is 17.4. The lowest BCUT2D eigenvalue weighted by molar-refractivity contribution is -0.122. The van der Waals surface area contributed by atoms with Crippen LogP contribution in [0.25, 0.3) is 33.1 Å². The monoisotopic (exact) mass is 384 g/mol. The zero-order valence-electron chi connectivity index (χ0n) is 16.3. The third-order valence-electron chi connectivity index (χ3n) is 5.79. The van der Waals surface area contributed by atoms with E-state index in [-0.39, 0.29) is 12.5 Å². The molecule has 0 radical (unpaired) electrons. The van der Waals surface area contributed by atoms with E-state index in [1.807, 2.05) is 59.4 Å². The molecular weight excluding hydrogens is 360 g/mol. The predicted octanol–water partition coefficient (Wildman–Crippen LogP) is 4.70. The molecule has 1 fully saturated rings. The van der Waals surface area contributed by atoms with E-state index in [0.29, 0.717) is 6.04 Å². The summed E-state index contributed by atoms with van der Waals surface area (Å²) in [7, 11) is 0. The van der Waals surface area contributed by atoms with E-state index in [1.165, 1.54) is 19.3 Å². The summed E-state index contributed by atoms with van der Waals surface area (Å²) in [6, 6.07) is 18.4. The molecule has 1 aliphatic carbocycles. The van der Waals surface area contributed by atoms with E-state index in [2.05, 4.69) is 16.4 Å². The molecule has 0 unspecified atom stereocenters. The maximum absolute atomic E-state index is 12.8. The summed E-state index contributed by atoms with van der Waals surface area (Å²) >= 11 is 0. The number of pyridine rings is 1. The van der Waals surface area contributed by atoms with Gasteiger partial charge in [-0.3, -0.25) is 14.5 Å². The predicted molar refractivity (Wildman–Crippen MR) is 115 cm³/mol. The van der Waals surface area contributed by atoms with Gasteiger partial charge in [-0.25, -0.2) is 0 Å². The van der Waals surface area contributed by atoms with Crippen molar-refractivity contribution in [2.24, 2.45) is 0 Å². The highest BCUT2D eigenvalue weighted by molar-refractivity contribution is 6.08. The van der Waals surface area contributed by atoms with E-state index in [1.54, 1.807) is 0 Å². The molecule has 1 amide bonds. The van der Waals surface area contributed by atoms with Crippen LogP contribution in [0, 0.1) is 0 Å². The Bertz CT molecular complexity index is 1160. The minimum Gasteiger partial charge on any atom is -0.352 e. The first-order valence-corrected chi connectivity index (χ1v) is 10.4. The van der Waals surface area contributed by atoms with Crippen LogP contribution in [0.15, 0.2) is 60.8 Å². The van der Waals surface area contributed by atoms with Crippen LogP contribution in [0.3, 0.4) is 0 Å². The van der Waals surface area contributed by atoms with Gasteiger partial charge in [-0.1, -0.05) is 67.8 Å². The Labute approximate surface area is 169 Å². The van der Waals surface area contributed by atoms with E-state index in [9.17, 15) is 4.79 Å².